The minimum absolute atomic E-state index is 0.911. The summed E-state index contributed by atoms with van der Waals surface area (Å²) in [5, 5.41) is 8.80. The fourth-order valence-corrected chi connectivity index (χ4v) is 4.86. The molecule has 4 aromatic carbocycles. The van der Waals surface area contributed by atoms with Crippen molar-refractivity contribution >= 4 is 27.6 Å². The lowest BCUT2D eigenvalue weighted by atomic mass is 9.97. The van der Waals surface area contributed by atoms with Crippen LogP contribution >= 0.6 is 0 Å². The van der Waals surface area contributed by atoms with Crippen LogP contribution < -0.4 is 15.8 Å². The molecule has 4 aromatic rings. The minimum Gasteiger partial charge on any atom is -0.356 e. The summed E-state index contributed by atoms with van der Waals surface area (Å²) in [7, 11) is 0. The van der Waals surface area contributed by atoms with Crippen LogP contribution in [0.4, 0.5) is 5.69 Å². The Kier molecular flexibility index (Phi) is 5.74. The molecule has 35 heavy (non-hydrogen) atoms. The zero-order chi connectivity index (χ0) is 23.5. The second-order valence-electron chi connectivity index (χ2n) is 9.05. The number of anilines is 1. The van der Waals surface area contributed by atoms with Crippen LogP contribution in [0.25, 0.3) is 33.0 Å². The molecule has 2 aliphatic carbocycles. The van der Waals surface area contributed by atoms with Gasteiger partial charge in [0.1, 0.15) is 0 Å². The molecule has 0 radical (unpaired) electrons. The van der Waals surface area contributed by atoms with Crippen molar-refractivity contribution in [2.75, 3.05) is 5.32 Å². The second-order valence-corrected chi connectivity index (χ2v) is 9.05. The predicted molar refractivity (Wildman–Crippen MR) is 150 cm³/mol. The summed E-state index contributed by atoms with van der Waals surface area (Å²) in [6, 6.07) is 32.6. The summed E-state index contributed by atoms with van der Waals surface area (Å²) in [5.41, 5.74) is 7.43. The second kappa shape index (κ2) is 9.48. The van der Waals surface area contributed by atoms with Crippen LogP contribution in [0, 0.1) is 0 Å². The van der Waals surface area contributed by atoms with Gasteiger partial charge in [0.25, 0.3) is 0 Å². The van der Waals surface area contributed by atoms with E-state index in [2.05, 4.69) is 133 Å². The van der Waals surface area contributed by atoms with Gasteiger partial charge in [-0.25, -0.2) is 0 Å². The van der Waals surface area contributed by atoms with Gasteiger partial charge in [0.2, 0.25) is 0 Å². The third-order valence-corrected chi connectivity index (χ3v) is 6.77. The van der Waals surface area contributed by atoms with E-state index in [0.29, 0.717) is 0 Å². The molecular formula is C34H27N. The highest BCUT2D eigenvalue weighted by Gasteiger charge is 2.06. The summed E-state index contributed by atoms with van der Waals surface area (Å²) in [6.45, 7) is 0. The smallest absolute Gasteiger partial charge is 0.0384 e. The monoisotopic (exact) mass is 449 g/mol. The summed E-state index contributed by atoms with van der Waals surface area (Å²) in [6.07, 6.45) is 17.3. The van der Waals surface area contributed by atoms with Crippen LogP contribution in [0.5, 0.6) is 0 Å². The molecule has 1 N–H and O–H groups in total. The van der Waals surface area contributed by atoms with Crippen LogP contribution in [0.2, 0.25) is 0 Å². The molecular weight excluding hydrogens is 422 g/mol. The molecule has 0 aromatic heterocycles. The van der Waals surface area contributed by atoms with Gasteiger partial charge in [-0.05, 0) is 80.6 Å². The average molecular weight is 450 g/mol. The predicted octanol–water partition coefficient (Wildman–Crippen LogP) is 7.28. The molecule has 0 bridgehead atoms. The summed E-state index contributed by atoms with van der Waals surface area (Å²) < 4.78 is 0. The SMILES string of the molecule is C1=CCC(=c2cccc3ccc(=C4C=CC(Nc5ccc(-c6ccccc6)cc5)=CC4)cc23)C=C1. The Morgan fingerprint density at radius 3 is 2.23 bits per heavy atom. The highest BCUT2D eigenvalue weighted by molar-refractivity contribution is 5.87. The molecule has 168 valence electrons. The zero-order valence-electron chi connectivity index (χ0n) is 19.6. The quantitative estimate of drug-likeness (QED) is 0.346. The van der Waals surface area contributed by atoms with E-state index in [1.807, 2.05) is 6.07 Å². The highest BCUT2D eigenvalue weighted by atomic mass is 14.9. The van der Waals surface area contributed by atoms with Crippen molar-refractivity contribution in [1.29, 1.82) is 0 Å². The minimum atomic E-state index is 0.911. The van der Waals surface area contributed by atoms with Crippen LogP contribution in [-0.4, -0.2) is 0 Å². The molecule has 0 fully saturated rings. The number of hydrogen-bond donors (Lipinski definition) is 1. The Bertz CT molecular complexity index is 1630. The molecule has 0 saturated heterocycles. The van der Waals surface area contributed by atoms with Crippen LogP contribution in [0.3, 0.4) is 0 Å². The first-order chi connectivity index (χ1) is 17.3. The van der Waals surface area contributed by atoms with Crippen LogP contribution in [0.15, 0.2) is 139 Å². The Morgan fingerprint density at radius 1 is 0.600 bits per heavy atom. The van der Waals surface area contributed by atoms with E-state index in [-0.39, 0.29) is 0 Å². The molecule has 1 nitrogen and oxygen atoms in total. The lowest BCUT2D eigenvalue weighted by molar-refractivity contribution is 1.30. The first kappa shape index (κ1) is 21.2. The van der Waals surface area contributed by atoms with Gasteiger partial charge in [-0.2, -0.15) is 0 Å². The highest BCUT2D eigenvalue weighted by Crippen LogP contribution is 2.23. The molecule has 0 heterocycles. The molecule has 6 rings (SSSR count). The Hall–Kier alpha value is -4.36. The van der Waals surface area contributed by atoms with E-state index in [0.717, 1.165) is 24.2 Å². The van der Waals surface area contributed by atoms with Crippen molar-refractivity contribution in [3.8, 4) is 11.1 Å². The Morgan fingerprint density at radius 2 is 1.46 bits per heavy atom. The molecule has 2 aliphatic rings. The van der Waals surface area contributed by atoms with Crippen molar-refractivity contribution in [2.45, 2.75) is 12.8 Å². The van der Waals surface area contributed by atoms with E-state index in [9.17, 15) is 0 Å². The number of nitrogens with one attached hydrogen (secondary N) is 1. The standard InChI is InChI=1S/C34H27N/c1-3-8-25(9-4-1)26-16-20-31(21-17-26)35-32-22-18-27(19-23-32)30-15-14-29-12-7-13-33(34(29)24-30)28-10-5-2-6-11-28/h1-10,12-18,20-24,35H,11,19H2. The molecule has 0 saturated carbocycles. The van der Waals surface area contributed by atoms with Crippen molar-refractivity contribution < 1.29 is 0 Å². The third kappa shape index (κ3) is 4.54. The van der Waals surface area contributed by atoms with Gasteiger partial charge in [-0.3, -0.25) is 0 Å². The van der Waals surface area contributed by atoms with Gasteiger partial charge in [-0.15, -0.1) is 0 Å². The summed E-state index contributed by atoms with van der Waals surface area (Å²) >= 11 is 0. The summed E-state index contributed by atoms with van der Waals surface area (Å²) in [4.78, 5) is 0. The van der Waals surface area contributed by atoms with Gasteiger partial charge >= 0.3 is 0 Å². The van der Waals surface area contributed by atoms with Gasteiger partial charge in [-0.1, -0.05) is 109 Å². The van der Waals surface area contributed by atoms with E-state index in [4.69, 9.17) is 0 Å². The molecule has 0 amide bonds. The number of benzene rings is 4. The van der Waals surface area contributed by atoms with Crippen molar-refractivity contribution in [1.82, 2.24) is 0 Å². The van der Waals surface area contributed by atoms with Crippen molar-refractivity contribution in [2.24, 2.45) is 0 Å². The fraction of sp³-hybridized carbons (Fsp3) is 0.0588. The fourth-order valence-electron chi connectivity index (χ4n) is 4.86. The lowest BCUT2D eigenvalue weighted by Crippen LogP contribution is -2.12. The van der Waals surface area contributed by atoms with Crippen molar-refractivity contribution in [3.63, 3.8) is 0 Å². The van der Waals surface area contributed by atoms with E-state index < -0.39 is 0 Å². The van der Waals surface area contributed by atoms with Crippen LogP contribution in [0.1, 0.15) is 12.8 Å². The van der Waals surface area contributed by atoms with E-state index in [1.165, 1.54) is 43.5 Å². The first-order valence-electron chi connectivity index (χ1n) is 12.2. The maximum absolute atomic E-state index is 3.56. The van der Waals surface area contributed by atoms with Gasteiger partial charge in [0.15, 0.2) is 0 Å². The normalized spacial score (nSPS) is 18.0. The van der Waals surface area contributed by atoms with E-state index >= 15 is 0 Å². The zero-order valence-corrected chi connectivity index (χ0v) is 19.6. The van der Waals surface area contributed by atoms with E-state index in [1.54, 1.807) is 0 Å². The molecule has 0 spiro atoms. The maximum atomic E-state index is 3.56. The topological polar surface area (TPSA) is 12.0 Å². The van der Waals surface area contributed by atoms with Gasteiger partial charge in [0, 0.05) is 11.4 Å². The number of allylic oxidation sites excluding steroid dienone is 7. The number of fused-ring (bicyclic) bond motifs is 1. The number of hydrogen-bond acceptors (Lipinski definition) is 1. The van der Waals surface area contributed by atoms with Crippen molar-refractivity contribution in [3.05, 3.63) is 150 Å². The third-order valence-electron chi connectivity index (χ3n) is 6.77. The summed E-state index contributed by atoms with van der Waals surface area (Å²) in [5.74, 6) is 0. The Labute approximate surface area is 206 Å². The molecule has 0 unspecified atom stereocenters. The largest absolute Gasteiger partial charge is 0.356 e. The Balaban J connectivity index is 1.26. The number of rotatable bonds is 3. The molecule has 0 atom stereocenters. The van der Waals surface area contributed by atoms with Crippen LogP contribution in [-0.2, 0) is 0 Å². The lowest BCUT2D eigenvalue weighted by Gasteiger charge is -2.13. The molecule has 0 aliphatic heterocycles. The first-order valence-corrected chi connectivity index (χ1v) is 12.2. The average Bonchev–Trinajstić information content (AvgIpc) is 2.94. The maximum Gasteiger partial charge on any atom is 0.0384 e. The van der Waals surface area contributed by atoms with Gasteiger partial charge in [0.05, 0.1) is 0 Å². The van der Waals surface area contributed by atoms with Gasteiger partial charge < -0.3 is 5.32 Å². The molecule has 1 heteroatoms.